The molecule has 20 heavy (non-hydrogen) atoms. The Morgan fingerprint density at radius 2 is 1.20 bits per heavy atom. The molecule has 118 valence electrons. The Hall–Kier alpha value is -1.22. The third-order valence-corrected chi connectivity index (χ3v) is 2.73. The summed E-state index contributed by atoms with van der Waals surface area (Å²) in [6, 6.07) is 0. The number of rotatable bonds is 11. The second-order valence-corrected chi connectivity index (χ2v) is 4.15. The van der Waals surface area contributed by atoms with Crippen molar-refractivity contribution in [1.29, 1.82) is 0 Å². The minimum atomic E-state index is -0.440. The zero-order valence-corrected chi connectivity index (χ0v) is 12.1. The third-order valence-electron chi connectivity index (χ3n) is 2.73. The van der Waals surface area contributed by atoms with Crippen molar-refractivity contribution in [3.8, 4) is 0 Å². The van der Waals surface area contributed by atoms with E-state index in [1.54, 1.807) is 4.90 Å². The number of methoxy groups -OCH3 is 2. The summed E-state index contributed by atoms with van der Waals surface area (Å²) in [4.78, 5) is 26.0. The molecule has 0 heterocycles. The Morgan fingerprint density at radius 1 is 0.800 bits per heavy atom. The molecule has 8 nitrogen and oxygen atoms in total. The largest absolute Gasteiger partial charge is 0.468 e. The second kappa shape index (κ2) is 11.6. The van der Waals surface area contributed by atoms with Gasteiger partial charge in [-0.25, -0.2) is 0 Å². The maximum Gasteiger partial charge on any atom is 0.319 e. The van der Waals surface area contributed by atoms with Crippen LogP contribution in [-0.4, -0.2) is 98.7 Å². The van der Waals surface area contributed by atoms with Crippen molar-refractivity contribution in [2.45, 2.75) is 0 Å². The first-order chi connectivity index (χ1) is 9.57. The number of carbonyl (C=O) groups is 2. The number of hydrogen-bond acceptors (Lipinski definition) is 8. The van der Waals surface area contributed by atoms with Gasteiger partial charge in [-0.05, 0) is 0 Å². The molecule has 0 rings (SSSR count). The van der Waals surface area contributed by atoms with E-state index in [1.165, 1.54) is 14.2 Å². The molecule has 0 radical (unpaired) electrons. The minimum absolute atomic E-state index is 0.0162. The zero-order valence-electron chi connectivity index (χ0n) is 12.1. The average molecular weight is 292 g/mol. The molecule has 0 amide bonds. The van der Waals surface area contributed by atoms with E-state index in [0.717, 1.165) is 0 Å². The fourth-order valence-electron chi connectivity index (χ4n) is 1.61. The van der Waals surface area contributed by atoms with Crippen molar-refractivity contribution < 1.29 is 29.3 Å². The molecular formula is C12H24N2O6. The smallest absolute Gasteiger partial charge is 0.319 e. The van der Waals surface area contributed by atoms with Crippen LogP contribution in [0.15, 0.2) is 0 Å². The molecule has 0 aliphatic carbocycles. The molecule has 0 bridgehead atoms. The van der Waals surface area contributed by atoms with Crippen molar-refractivity contribution in [2.24, 2.45) is 0 Å². The lowest BCUT2D eigenvalue weighted by atomic mass is 10.4. The van der Waals surface area contributed by atoms with Gasteiger partial charge < -0.3 is 19.7 Å². The first-order valence-corrected chi connectivity index (χ1v) is 6.37. The lowest BCUT2D eigenvalue weighted by Gasteiger charge is -2.25. The summed E-state index contributed by atoms with van der Waals surface area (Å²) in [5, 5.41) is 17.8. The second-order valence-electron chi connectivity index (χ2n) is 4.15. The predicted octanol–water partition coefficient (Wildman–Crippen LogP) is -2.08. The number of nitrogens with zero attached hydrogens (tertiary/aromatic N) is 2. The van der Waals surface area contributed by atoms with E-state index >= 15 is 0 Å². The van der Waals surface area contributed by atoms with Crippen LogP contribution in [0.5, 0.6) is 0 Å². The molecule has 0 spiro atoms. The molecule has 0 fully saturated rings. The van der Waals surface area contributed by atoms with Crippen LogP contribution in [0.25, 0.3) is 0 Å². The summed E-state index contributed by atoms with van der Waals surface area (Å²) in [7, 11) is 2.56. The molecule has 0 aromatic carbocycles. The van der Waals surface area contributed by atoms with Gasteiger partial charge in [0, 0.05) is 26.2 Å². The molecule has 8 heteroatoms. The molecule has 0 aliphatic heterocycles. The van der Waals surface area contributed by atoms with Crippen LogP contribution >= 0.6 is 0 Å². The van der Waals surface area contributed by atoms with Crippen molar-refractivity contribution >= 4 is 11.9 Å². The Balaban J connectivity index is 4.37. The van der Waals surface area contributed by atoms with Crippen LogP contribution < -0.4 is 0 Å². The molecule has 0 saturated heterocycles. The Morgan fingerprint density at radius 3 is 1.55 bits per heavy atom. The van der Waals surface area contributed by atoms with Gasteiger partial charge in [0.1, 0.15) is 0 Å². The molecule has 0 aliphatic rings. The highest BCUT2D eigenvalue weighted by atomic mass is 16.5. The third kappa shape index (κ3) is 8.81. The van der Waals surface area contributed by atoms with Gasteiger partial charge in [-0.15, -0.1) is 0 Å². The number of aliphatic hydroxyl groups is 2. The highest BCUT2D eigenvalue weighted by Gasteiger charge is 2.16. The van der Waals surface area contributed by atoms with Crippen LogP contribution in [-0.2, 0) is 19.1 Å². The summed E-state index contributed by atoms with van der Waals surface area (Å²) >= 11 is 0. The maximum atomic E-state index is 11.3. The highest BCUT2D eigenvalue weighted by molar-refractivity contribution is 5.74. The molecule has 0 atom stereocenters. The van der Waals surface area contributed by atoms with E-state index in [0.29, 0.717) is 26.2 Å². The molecule has 0 aromatic heterocycles. The Labute approximate surface area is 118 Å². The first kappa shape index (κ1) is 18.8. The maximum absolute atomic E-state index is 11.3. The van der Waals surface area contributed by atoms with E-state index < -0.39 is 11.9 Å². The van der Waals surface area contributed by atoms with Gasteiger partial charge in [0.2, 0.25) is 0 Å². The highest BCUT2D eigenvalue weighted by Crippen LogP contribution is 1.95. The number of ether oxygens (including phenoxy) is 2. The SMILES string of the molecule is COC(=O)CN(CCN(CCO)CCO)CC(=O)OC. The van der Waals surface area contributed by atoms with Crippen LogP contribution in [0.2, 0.25) is 0 Å². The lowest BCUT2D eigenvalue weighted by molar-refractivity contribution is -0.145. The summed E-state index contributed by atoms with van der Waals surface area (Å²) in [6.07, 6.45) is 0. The van der Waals surface area contributed by atoms with Gasteiger partial charge in [0.25, 0.3) is 0 Å². The van der Waals surface area contributed by atoms with Crippen LogP contribution in [0.3, 0.4) is 0 Å². The number of carbonyl (C=O) groups excluding carboxylic acids is 2. The molecular weight excluding hydrogens is 268 g/mol. The number of hydrogen-bond donors (Lipinski definition) is 2. The topological polar surface area (TPSA) is 99.5 Å². The Bertz CT molecular complexity index is 263. The molecule has 0 saturated carbocycles. The van der Waals surface area contributed by atoms with E-state index in [9.17, 15) is 9.59 Å². The van der Waals surface area contributed by atoms with Gasteiger partial charge in [-0.2, -0.15) is 0 Å². The van der Waals surface area contributed by atoms with E-state index in [4.69, 9.17) is 10.2 Å². The van der Waals surface area contributed by atoms with Crippen LogP contribution in [0.1, 0.15) is 0 Å². The normalized spacial score (nSPS) is 10.9. The van der Waals surface area contributed by atoms with Gasteiger partial charge in [-0.3, -0.25) is 19.4 Å². The molecule has 0 aromatic rings. The monoisotopic (exact) mass is 292 g/mol. The van der Waals surface area contributed by atoms with E-state index in [2.05, 4.69) is 9.47 Å². The number of aliphatic hydroxyl groups excluding tert-OH is 2. The van der Waals surface area contributed by atoms with Crippen molar-refractivity contribution in [3.05, 3.63) is 0 Å². The van der Waals surface area contributed by atoms with Crippen molar-refractivity contribution in [2.75, 3.05) is 66.7 Å². The van der Waals surface area contributed by atoms with Gasteiger partial charge in [-0.1, -0.05) is 0 Å². The predicted molar refractivity (Wildman–Crippen MR) is 71.1 cm³/mol. The first-order valence-electron chi connectivity index (χ1n) is 6.37. The van der Waals surface area contributed by atoms with Gasteiger partial charge in [0.05, 0.1) is 40.5 Å². The zero-order chi connectivity index (χ0) is 15.4. The fraction of sp³-hybridized carbons (Fsp3) is 0.833. The van der Waals surface area contributed by atoms with Crippen molar-refractivity contribution in [1.82, 2.24) is 9.80 Å². The summed E-state index contributed by atoms with van der Waals surface area (Å²) < 4.78 is 9.14. The summed E-state index contributed by atoms with van der Waals surface area (Å²) in [6.45, 7) is 1.70. The fourth-order valence-corrected chi connectivity index (χ4v) is 1.61. The Kier molecular flexibility index (Phi) is 10.9. The quantitative estimate of drug-likeness (QED) is 0.419. The van der Waals surface area contributed by atoms with Crippen LogP contribution in [0, 0.1) is 0 Å². The van der Waals surface area contributed by atoms with E-state index in [-0.39, 0.29) is 26.3 Å². The van der Waals surface area contributed by atoms with Crippen LogP contribution in [0.4, 0.5) is 0 Å². The summed E-state index contributed by atoms with van der Waals surface area (Å²) in [5.41, 5.74) is 0. The lowest BCUT2D eigenvalue weighted by Crippen LogP contribution is -2.42. The van der Waals surface area contributed by atoms with Gasteiger partial charge in [0.15, 0.2) is 0 Å². The standard InChI is InChI=1S/C12H24N2O6/c1-19-11(17)9-14(10-12(18)20-2)4-3-13(5-7-15)6-8-16/h15-16H,3-10H2,1-2H3. The molecule has 0 unspecified atom stereocenters. The summed E-state index contributed by atoms with van der Waals surface area (Å²) in [5.74, 6) is -0.880. The van der Waals surface area contributed by atoms with Crippen molar-refractivity contribution in [3.63, 3.8) is 0 Å². The van der Waals surface area contributed by atoms with E-state index in [1.807, 2.05) is 4.90 Å². The molecule has 2 N–H and O–H groups in total. The number of esters is 2. The van der Waals surface area contributed by atoms with Gasteiger partial charge >= 0.3 is 11.9 Å². The minimum Gasteiger partial charge on any atom is -0.468 e. The average Bonchev–Trinajstić information content (AvgIpc) is 2.44.